The van der Waals surface area contributed by atoms with Gasteiger partial charge >= 0.3 is 0 Å². The van der Waals surface area contributed by atoms with Gasteiger partial charge in [0.25, 0.3) is 0 Å². The highest BCUT2D eigenvalue weighted by molar-refractivity contribution is 7.89. The van der Waals surface area contributed by atoms with Crippen LogP contribution in [0.1, 0.15) is 20.8 Å². The number of nitrogens with one attached hydrogen (secondary N) is 3. The van der Waals surface area contributed by atoms with E-state index >= 15 is 0 Å². The van der Waals surface area contributed by atoms with Crippen LogP contribution in [0.5, 0.6) is 0 Å². The SMILES string of the molecule is CC(=O)Nc1ccc(S(=O)(=O)NC(C)C(=O)N2CCNCC2C)cc1.Cl. The van der Waals surface area contributed by atoms with Crippen molar-refractivity contribution in [1.29, 1.82) is 0 Å². The summed E-state index contributed by atoms with van der Waals surface area (Å²) < 4.78 is 27.4. The number of hydrogen-bond acceptors (Lipinski definition) is 5. The number of piperazine rings is 1. The van der Waals surface area contributed by atoms with E-state index in [4.69, 9.17) is 0 Å². The van der Waals surface area contributed by atoms with Crippen molar-refractivity contribution < 1.29 is 18.0 Å². The standard InChI is InChI=1S/C16H24N4O4S.ClH/c1-11-10-17-8-9-20(11)16(22)12(2)19-25(23,24)15-6-4-14(5-7-15)18-13(3)21;/h4-7,11-12,17,19H,8-10H2,1-3H3,(H,18,21);1H. The summed E-state index contributed by atoms with van der Waals surface area (Å²) in [7, 11) is -3.83. The number of anilines is 1. The van der Waals surface area contributed by atoms with Crippen molar-refractivity contribution in [1.82, 2.24) is 14.9 Å². The van der Waals surface area contributed by atoms with E-state index in [1.807, 2.05) is 6.92 Å². The molecule has 1 aromatic carbocycles. The van der Waals surface area contributed by atoms with Gasteiger partial charge < -0.3 is 15.5 Å². The number of carbonyl (C=O) groups is 2. The van der Waals surface area contributed by atoms with Gasteiger partial charge in [-0.3, -0.25) is 9.59 Å². The molecule has 146 valence electrons. The molecule has 1 aliphatic rings. The van der Waals surface area contributed by atoms with E-state index < -0.39 is 16.1 Å². The van der Waals surface area contributed by atoms with E-state index in [1.165, 1.54) is 31.2 Å². The third-order valence-electron chi connectivity index (χ3n) is 3.97. The smallest absolute Gasteiger partial charge is 0.241 e. The largest absolute Gasteiger partial charge is 0.336 e. The number of amides is 2. The first-order valence-electron chi connectivity index (χ1n) is 8.12. The summed E-state index contributed by atoms with van der Waals surface area (Å²) in [6.07, 6.45) is 0. The Morgan fingerprint density at radius 1 is 1.27 bits per heavy atom. The summed E-state index contributed by atoms with van der Waals surface area (Å²) in [5.74, 6) is -0.481. The van der Waals surface area contributed by atoms with Gasteiger partial charge in [0.1, 0.15) is 0 Å². The summed E-state index contributed by atoms with van der Waals surface area (Å²) in [6.45, 7) is 6.77. The third kappa shape index (κ3) is 5.66. The highest BCUT2D eigenvalue weighted by Gasteiger charge is 2.29. The van der Waals surface area contributed by atoms with E-state index in [1.54, 1.807) is 11.8 Å². The summed E-state index contributed by atoms with van der Waals surface area (Å²) in [5, 5.41) is 5.76. The monoisotopic (exact) mass is 404 g/mol. The predicted octanol–water partition coefficient (Wildman–Crippen LogP) is 0.554. The fraction of sp³-hybridized carbons (Fsp3) is 0.500. The lowest BCUT2D eigenvalue weighted by Gasteiger charge is -2.35. The van der Waals surface area contributed by atoms with Crippen LogP contribution in [0.4, 0.5) is 5.69 Å². The van der Waals surface area contributed by atoms with Crippen LogP contribution in [-0.2, 0) is 19.6 Å². The lowest BCUT2D eigenvalue weighted by Crippen LogP contribution is -2.57. The van der Waals surface area contributed by atoms with Crippen molar-refractivity contribution in [3.8, 4) is 0 Å². The van der Waals surface area contributed by atoms with E-state index in [9.17, 15) is 18.0 Å². The zero-order valence-electron chi connectivity index (χ0n) is 15.0. The summed E-state index contributed by atoms with van der Waals surface area (Å²) in [4.78, 5) is 25.2. The van der Waals surface area contributed by atoms with Crippen LogP contribution in [0, 0.1) is 0 Å². The number of carbonyl (C=O) groups excluding carboxylic acids is 2. The minimum atomic E-state index is -3.83. The fourth-order valence-electron chi connectivity index (χ4n) is 2.69. The number of halogens is 1. The van der Waals surface area contributed by atoms with Crippen LogP contribution < -0.4 is 15.4 Å². The molecule has 2 atom stereocenters. The van der Waals surface area contributed by atoms with Crippen molar-refractivity contribution in [3.63, 3.8) is 0 Å². The third-order valence-corrected chi connectivity index (χ3v) is 5.53. The molecule has 26 heavy (non-hydrogen) atoms. The molecule has 0 aromatic heterocycles. The Kier molecular flexibility index (Phi) is 8.01. The Morgan fingerprint density at radius 3 is 2.42 bits per heavy atom. The Labute approximate surface area is 160 Å². The van der Waals surface area contributed by atoms with E-state index in [0.717, 1.165) is 0 Å². The van der Waals surface area contributed by atoms with Gasteiger partial charge in [0.2, 0.25) is 21.8 Å². The second-order valence-electron chi connectivity index (χ2n) is 6.13. The Bertz CT molecular complexity index is 739. The fourth-order valence-corrected chi connectivity index (χ4v) is 3.89. The Balaban J connectivity index is 0.00000338. The van der Waals surface area contributed by atoms with Gasteiger partial charge in [0.15, 0.2) is 0 Å². The molecule has 0 radical (unpaired) electrons. The topological polar surface area (TPSA) is 108 Å². The van der Waals surface area contributed by atoms with Crippen molar-refractivity contribution in [2.75, 3.05) is 25.0 Å². The van der Waals surface area contributed by atoms with Crippen LogP contribution >= 0.6 is 12.4 Å². The van der Waals surface area contributed by atoms with Crippen LogP contribution in [0.2, 0.25) is 0 Å². The maximum absolute atomic E-state index is 12.5. The quantitative estimate of drug-likeness (QED) is 0.664. The molecule has 0 aliphatic carbocycles. The first-order valence-corrected chi connectivity index (χ1v) is 9.60. The van der Waals surface area contributed by atoms with Gasteiger partial charge in [-0.2, -0.15) is 4.72 Å². The molecule has 3 N–H and O–H groups in total. The summed E-state index contributed by atoms with van der Waals surface area (Å²) in [5.41, 5.74) is 0.505. The van der Waals surface area contributed by atoms with Crippen LogP contribution in [0.25, 0.3) is 0 Å². The van der Waals surface area contributed by atoms with Gasteiger partial charge in [-0.05, 0) is 38.1 Å². The molecule has 1 fully saturated rings. The molecule has 10 heteroatoms. The molecule has 0 saturated carbocycles. The Hall–Kier alpha value is -1.68. The molecule has 2 amide bonds. The minimum Gasteiger partial charge on any atom is -0.336 e. The van der Waals surface area contributed by atoms with Crippen molar-refractivity contribution in [2.45, 2.75) is 37.8 Å². The zero-order chi connectivity index (χ0) is 18.6. The first-order chi connectivity index (χ1) is 11.7. The molecule has 0 bridgehead atoms. The van der Waals surface area contributed by atoms with E-state index in [0.29, 0.717) is 25.3 Å². The first kappa shape index (κ1) is 22.4. The minimum absolute atomic E-state index is 0. The molecular formula is C16H25ClN4O4S. The van der Waals surface area contributed by atoms with Gasteiger partial charge in [0, 0.05) is 38.3 Å². The molecule has 1 aliphatic heterocycles. The predicted molar refractivity (Wildman–Crippen MR) is 102 cm³/mol. The van der Waals surface area contributed by atoms with Crippen LogP contribution in [-0.4, -0.2) is 56.9 Å². The highest BCUT2D eigenvalue weighted by Crippen LogP contribution is 2.15. The Morgan fingerprint density at radius 2 is 1.88 bits per heavy atom. The second kappa shape index (κ2) is 9.31. The average molecular weight is 405 g/mol. The van der Waals surface area contributed by atoms with Crippen molar-refractivity contribution >= 4 is 39.9 Å². The molecule has 1 aromatic rings. The number of benzene rings is 1. The maximum Gasteiger partial charge on any atom is 0.241 e. The number of nitrogens with zero attached hydrogens (tertiary/aromatic N) is 1. The van der Waals surface area contributed by atoms with Gasteiger partial charge in [-0.15, -0.1) is 12.4 Å². The number of rotatable bonds is 5. The highest BCUT2D eigenvalue weighted by atomic mass is 35.5. The normalized spacial score (nSPS) is 18.6. The molecule has 8 nitrogen and oxygen atoms in total. The molecular weight excluding hydrogens is 380 g/mol. The molecule has 2 rings (SSSR count). The average Bonchev–Trinajstić information content (AvgIpc) is 2.54. The van der Waals surface area contributed by atoms with Gasteiger partial charge in [-0.1, -0.05) is 0 Å². The van der Waals surface area contributed by atoms with Gasteiger partial charge in [0.05, 0.1) is 10.9 Å². The second-order valence-corrected chi connectivity index (χ2v) is 7.85. The van der Waals surface area contributed by atoms with E-state index in [-0.39, 0.29) is 35.2 Å². The lowest BCUT2D eigenvalue weighted by molar-refractivity contribution is -0.135. The number of sulfonamides is 1. The number of hydrogen-bond donors (Lipinski definition) is 3. The maximum atomic E-state index is 12.5. The molecule has 1 saturated heterocycles. The van der Waals surface area contributed by atoms with Crippen LogP contribution in [0.3, 0.4) is 0 Å². The van der Waals surface area contributed by atoms with E-state index in [2.05, 4.69) is 15.4 Å². The molecule has 0 spiro atoms. The summed E-state index contributed by atoms with van der Waals surface area (Å²) in [6, 6.07) is 4.93. The van der Waals surface area contributed by atoms with Crippen molar-refractivity contribution in [2.24, 2.45) is 0 Å². The zero-order valence-corrected chi connectivity index (χ0v) is 16.6. The van der Waals surface area contributed by atoms with Gasteiger partial charge in [-0.25, -0.2) is 8.42 Å². The molecule has 2 unspecified atom stereocenters. The lowest BCUT2D eigenvalue weighted by atomic mass is 10.2. The van der Waals surface area contributed by atoms with Crippen molar-refractivity contribution in [3.05, 3.63) is 24.3 Å². The van der Waals surface area contributed by atoms with Crippen LogP contribution in [0.15, 0.2) is 29.2 Å². The summed E-state index contributed by atoms with van der Waals surface area (Å²) >= 11 is 0. The molecule has 1 heterocycles.